The number of allylic oxidation sites excluding steroid dienone is 8. The zero-order valence-electron chi connectivity index (χ0n) is 19.7. The molecule has 1 heteroatoms. The average molecular weight is 409 g/mol. The fourth-order valence-electron chi connectivity index (χ4n) is 5.46. The Labute approximate surface area is 187 Å². The minimum Gasteiger partial charge on any atom is -0.198 e. The molecular weight excluding hydrogens is 374 g/mol. The van der Waals surface area contributed by atoms with E-state index in [1.54, 1.807) is 0 Å². The topological polar surface area (TPSA) is 3.01 Å². The second-order valence-corrected chi connectivity index (χ2v) is 9.77. The molecule has 0 amide bonds. The number of rotatable bonds is 4. The highest BCUT2D eigenvalue weighted by Crippen LogP contribution is 2.49. The van der Waals surface area contributed by atoms with Gasteiger partial charge in [-0.05, 0) is 25.0 Å². The van der Waals surface area contributed by atoms with Crippen molar-refractivity contribution in [2.24, 2.45) is 0 Å². The summed E-state index contributed by atoms with van der Waals surface area (Å²) in [5.41, 5.74) is 8.54. The predicted molar refractivity (Wildman–Crippen MR) is 134 cm³/mol. The summed E-state index contributed by atoms with van der Waals surface area (Å²) in [4.78, 5) is 0. The van der Waals surface area contributed by atoms with Gasteiger partial charge in [-0.1, -0.05) is 105 Å². The molecule has 2 aromatic rings. The van der Waals surface area contributed by atoms with Crippen LogP contribution >= 0.6 is 0 Å². The highest BCUT2D eigenvalue weighted by atomic mass is 15.0. The molecule has 0 radical (unpaired) electrons. The highest BCUT2D eigenvalue weighted by molar-refractivity contribution is 6.03. The van der Waals surface area contributed by atoms with E-state index in [0.717, 1.165) is 0 Å². The fraction of sp³-hybridized carbons (Fsp3) is 0.300. The molecule has 0 bridgehead atoms. The Morgan fingerprint density at radius 2 is 1.35 bits per heavy atom. The van der Waals surface area contributed by atoms with Crippen molar-refractivity contribution in [2.45, 2.75) is 51.4 Å². The van der Waals surface area contributed by atoms with Crippen LogP contribution in [0.5, 0.6) is 0 Å². The van der Waals surface area contributed by atoms with Crippen LogP contribution in [0.4, 0.5) is 5.69 Å². The molecule has 31 heavy (non-hydrogen) atoms. The third kappa shape index (κ3) is 3.57. The maximum Gasteiger partial charge on any atom is 0.209 e. The van der Waals surface area contributed by atoms with Crippen LogP contribution in [0.25, 0.3) is 0 Å². The van der Waals surface area contributed by atoms with Crippen molar-refractivity contribution in [3.05, 3.63) is 113 Å². The molecular formula is C30H34N+. The van der Waals surface area contributed by atoms with Gasteiger partial charge in [0.15, 0.2) is 5.71 Å². The number of para-hydroxylation sites is 1. The van der Waals surface area contributed by atoms with Crippen LogP contribution in [0.1, 0.15) is 57.2 Å². The standard InChI is InChI=1S/C30H34N/c1-22-23-16-12-13-18-25(23)29(2,3)24(22)17-10-8-7-9-11-21-28-30(4,5)26-19-14-15-20-27(26)31(28)6/h7-22H,1-6H3/q+1. The Balaban J connectivity index is 1.46. The Bertz CT molecular complexity index is 1150. The maximum absolute atomic E-state index is 2.34. The summed E-state index contributed by atoms with van der Waals surface area (Å²) in [6, 6.07) is 17.5. The summed E-state index contributed by atoms with van der Waals surface area (Å²) in [7, 11) is 2.16. The molecule has 1 heterocycles. The van der Waals surface area contributed by atoms with E-state index >= 15 is 0 Å². The van der Waals surface area contributed by atoms with Gasteiger partial charge in [0.1, 0.15) is 7.05 Å². The molecule has 1 aliphatic carbocycles. The molecule has 1 atom stereocenters. The van der Waals surface area contributed by atoms with E-state index in [1.165, 1.54) is 33.7 Å². The van der Waals surface area contributed by atoms with Crippen molar-refractivity contribution >= 4 is 11.4 Å². The molecule has 1 unspecified atom stereocenters. The van der Waals surface area contributed by atoms with Gasteiger partial charge in [0.05, 0.1) is 5.41 Å². The van der Waals surface area contributed by atoms with E-state index in [4.69, 9.17) is 0 Å². The van der Waals surface area contributed by atoms with Crippen LogP contribution in [0.2, 0.25) is 0 Å². The molecule has 0 aromatic heterocycles. The minimum absolute atomic E-state index is 0.0230. The number of hydrogen-bond donors (Lipinski definition) is 0. The third-order valence-corrected chi connectivity index (χ3v) is 7.20. The van der Waals surface area contributed by atoms with E-state index in [9.17, 15) is 0 Å². The molecule has 0 spiro atoms. The lowest BCUT2D eigenvalue weighted by Gasteiger charge is -2.23. The molecule has 0 fully saturated rings. The first-order chi connectivity index (χ1) is 14.8. The molecule has 2 aliphatic rings. The van der Waals surface area contributed by atoms with Gasteiger partial charge in [0.2, 0.25) is 5.69 Å². The van der Waals surface area contributed by atoms with Crippen LogP contribution in [0, 0.1) is 0 Å². The lowest BCUT2D eigenvalue weighted by Crippen LogP contribution is -2.26. The summed E-state index contributed by atoms with van der Waals surface area (Å²) in [6.07, 6.45) is 15.2. The molecule has 0 saturated heterocycles. The van der Waals surface area contributed by atoms with Gasteiger partial charge in [0.25, 0.3) is 0 Å². The smallest absolute Gasteiger partial charge is 0.198 e. The summed E-state index contributed by atoms with van der Waals surface area (Å²) in [5, 5.41) is 0. The first kappa shape index (κ1) is 21.3. The van der Waals surface area contributed by atoms with Crippen molar-refractivity contribution in [3.8, 4) is 0 Å². The van der Waals surface area contributed by atoms with Crippen LogP contribution in [-0.4, -0.2) is 17.3 Å². The van der Waals surface area contributed by atoms with Crippen LogP contribution in [-0.2, 0) is 10.8 Å². The van der Waals surface area contributed by atoms with Crippen molar-refractivity contribution < 1.29 is 4.58 Å². The monoisotopic (exact) mass is 408 g/mol. The normalized spacial score (nSPS) is 22.9. The SMILES string of the molecule is CC1C(=CC=CC=CC=CC2=[N+](C)c3ccccc3C2(C)C)C(C)(C)c2ccccc21. The van der Waals surface area contributed by atoms with Crippen molar-refractivity contribution in [2.75, 3.05) is 7.05 Å². The van der Waals surface area contributed by atoms with Crippen molar-refractivity contribution in [1.29, 1.82) is 0 Å². The van der Waals surface area contributed by atoms with E-state index in [0.29, 0.717) is 5.92 Å². The Morgan fingerprint density at radius 1 is 0.742 bits per heavy atom. The maximum atomic E-state index is 2.34. The van der Waals surface area contributed by atoms with E-state index in [1.807, 2.05) is 0 Å². The highest BCUT2D eigenvalue weighted by Gasteiger charge is 2.42. The number of nitrogens with zero attached hydrogens (tertiary/aromatic N) is 1. The molecule has 0 N–H and O–H groups in total. The zero-order valence-corrected chi connectivity index (χ0v) is 19.7. The summed E-state index contributed by atoms with van der Waals surface area (Å²) >= 11 is 0. The van der Waals surface area contributed by atoms with Gasteiger partial charge in [-0.15, -0.1) is 0 Å². The van der Waals surface area contributed by atoms with Gasteiger partial charge in [-0.2, -0.15) is 4.58 Å². The predicted octanol–water partition coefficient (Wildman–Crippen LogP) is 7.38. The fourth-order valence-corrected chi connectivity index (χ4v) is 5.46. The number of fused-ring (bicyclic) bond motifs is 2. The lowest BCUT2D eigenvalue weighted by atomic mass is 9.81. The number of benzene rings is 2. The second kappa shape index (κ2) is 7.96. The quantitative estimate of drug-likeness (QED) is 0.367. The van der Waals surface area contributed by atoms with Crippen molar-refractivity contribution in [1.82, 2.24) is 0 Å². The summed E-state index contributed by atoms with van der Waals surface area (Å²) in [5.74, 6) is 0.470. The van der Waals surface area contributed by atoms with E-state index in [-0.39, 0.29) is 10.8 Å². The van der Waals surface area contributed by atoms with Crippen LogP contribution in [0.15, 0.2) is 96.6 Å². The zero-order chi connectivity index (χ0) is 22.2. The van der Waals surface area contributed by atoms with Gasteiger partial charge in [-0.25, -0.2) is 0 Å². The molecule has 4 rings (SSSR count). The Hall–Kier alpha value is -2.93. The van der Waals surface area contributed by atoms with Gasteiger partial charge < -0.3 is 0 Å². The molecule has 158 valence electrons. The van der Waals surface area contributed by atoms with Crippen LogP contribution in [0.3, 0.4) is 0 Å². The average Bonchev–Trinajstić information content (AvgIpc) is 3.07. The van der Waals surface area contributed by atoms with Crippen LogP contribution < -0.4 is 0 Å². The first-order valence-electron chi connectivity index (χ1n) is 11.3. The third-order valence-electron chi connectivity index (χ3n) is 7.20. The molecule has 0 saturated carbocycles. The van der Waals surface area contributed by atoms with Gasteiger partial charge in [0, 0.05) is 29.0 Å². The van der Waals surface area contributed by atoms with Crippen molar-refractivity contribution in [3.63, 3.8) is 0 Å². The first-order valence-corrected chi connectivity index (χ1v) is 11.3. The van der Waals surface area contributed by atoms with E-state index < -0.39 is 0 Å². The number of hydrogen-bond acceptors (Lipinski definition) is 0. The van der Waals surface area contributed by atoms with Gasteiger partial charge >= 0.3 is 0 Å². The van der Waals surface area contributed by atoms with Gasteiger partial charge in [-0.3, -0.25) is 0 Å². The molecule has 1 nitrogen and oxygen atoms in total. The molecule has 1 aliphatic heterocycles. The largest absolute Gasteiger partial charge is 0.209 e. The summed E-state index contributed by atoms with van der Waals surface area (Å²) < 4.78 is 2.31. The second-order valence-electron chi connectivity index (χ2n) is 9.77. The summed E-state index contributed by atoms with van der Waals surface area (Å²) in [6.45, 7) is 11.6. The minimum atomic E-state index is 0.0230. The Morgan fingerprint density at radius 3 is 2.06 bits per heavy atom. The Kier molecular flexibility index (Phi) is 5.47. The molecule has 2 aromatic carbocycles. The lowest BCUT2D eigenvalue weighted by molar-refractivity contribution is -0.401. The van der Waals surface area contributed by atoms with E-state index in [2.05, 4.69) is 137 Å².